The highest BCUT2D eigenvalue weighted by atomic mass is 19.1. The van der Waals surface area contributed by atoms with Crippen LogP contribution in [-0.4, -0.2) is 48.4 Å². The van der Waals surface area contributed by atoms with E-state index in [1.54, 1.807) is 6.20 Å². The summed E-state index contributed by atoms with van der Waals surface area (Å²) in [6.45, 7) is 1.48. The van der Waals surface area contributed by atoms with Gasteiger partial charge in [-0.3, -0.25) is 0 Å². The lowest BCUT2D eigenvalue weighted by molar-refractivity contribution is -0.0374. The number of aliphatic imine (C=N–C) groups is 1. The molecular formula is C17H24FN3O2. The Morgan fingerprint density at radius 2 is 1.91 bits per heavy atom. The maximum atomic E-state index is 12.1. The zero-order valence-corrected chi connectivity index (χ0v) is 13.4. The predicted octanol–water partition coefficient (Wildman–Crippen LogP) is 3.47. The summed E-state index contributed by atoms with van der Waals surface area (Å²) in [6, 6.07) is 3.79. The van der Waals surface area contributed by atoms with Crippen LogP contribution < -0.4 is 4.74 Å². The van der Waals surface area contributed by atoms with Crippen LogP contribution in [-0.2, 0) is 4.74 Å². The molecule has 1 aliphatic carbocycles. The van der Waals surface area contributed by atoms with Crippen molar-refractivity contribution >= 4 is 12.0 Å². The highest BCUT2D eigenvalue weighted by Crippen LogP contribution is 2.25. The van der Waals surface area contributed by atoms with Gasteiger partial charge in [0.25, 0.3) is 0 Å². The predicted molar refractivity (Wildman–Crippen MR) is 86.9 cm³/mol. The zero-order valence-electron chi connectivity index (χ0n) is 13.4. The average Bonchev–Trinajstić information content (AvgIpc) is 3.10. The van der Waals surface area contributed by atoms with Crippen LogP contribution in [0.2, 0.25) is 0 Å². The van der Waals surface area contributed by atoms with E-state index in [4.69, 9.17) is 9.47 Å². The first kappa shape index (κ1) is 16.2. The molecule has 5 nitrogen and oxygen atoms in total. The number of hydrogen-bond donors (Lipinski definition) is 0. The Labute approximate surface area is 136 Å². The van der Waals surface area contributed by atoms with Crippen LogP contribution >= 0.6 is 0 Å². The van der Waals surface area contributed by atoms with E-state index < -0.39 is 6.86 Å². The van der Waals surface area contributed by atoms with Crippen molar-refractivity contribution in [2.24, 2.45) is 4.99 Å². The van der Waals surface area contributed by atoms with Crippen molar-refractivity contribution in [1.29, 1.82) is 0 Å². The highest BCUT2D eigenvalue weighted by molar-refractivity contribution is 5.61. The fraction of sp³-hybridized carbons (Fsp3) is 0.647. The molecule has 0 spiro atoms. The summed E-state index contributed by atoms with van der Waals surface area (Å²) in [7, 11) is 0. The van der Waals surface area contributed by atoms with E-state index in [-0.39, 0.29) is 12.2 Å². The second kappa shape index (κ2) is 8.24. The third-order valence-corrected chi connectivity index (χ3v) is 4.44. The minimum absolute atomic E-state index is 0.0371. The van der Waals surface area contributed by atoms with Crippen molar-refractivity contribution < 1.29 is 13.9 Å². The van der Waals surface area contributed by atoms with Gasteiger partial charge in [-0.2, -0.15) is 0 Å². The number of pyridine rings is 1. The van der Waals surface area contributed by atoms with Crippen LogP contribution in [0, 0.1) is 0 Å². The monoisotopic (exact) mass is 321 g/mol. The summed E-state index contributed by atoms with van der Waals surface area (Å²) < 4.78 is 23.0. The Morgan fingerprint density at radius 3 is 2.57 bits per heavy atom. The maximum Gasteiger partial charge on any atom is 0.213 e. The number of aromatic nitrogens is 1. The first-order chi connectivity index (χ1) is 11.3. The maximum absolute atomic E-state index is 12.1. The van der Waals surface area contributed by atoms with E-state index in [0.29, 0.717) is 5.88 Å². The molecule has 0 bridgehead atoms. The molecule has 0 radical (unpaired) electrons. The molecule has 1 aliphatic heterocycles. The topological polar surface area (TPSA) is 47.0 Å². The van der Waals surface area contributed by atoms with Crippen molar-refractivity contribution in [3.63, 3.8) is 0 Å². The standard InChI is InChI=1S/C17H24FN3O2/c18-12-22-15-4-6-16(7-5-15)23-17-8-3-14(11-19-17)20-13-21-9-1-2-10-21/h3,8,11,13,15-16H,1-2,4-7,9-10,12H2/b20-13+/t15-,16+. The zero-order chi connectivity index (χ0) is 15.9. The van der Waals surface area contributed by atoms with Gasteiger partial charge in [0.2, 0.25) is 5.88 Å². The molecule has 1 aromatic rings. The third-order valence-electron chi connectivity index (χ3n) is 4.44. The van der Waals surface area contributed by atoms with Gasteiger partial charge < -0.3 is 14.4 Å². The first-order valence-corrected chi connectivity index (χ1v) is 8.42. The molecule has 1 saturated heterocycles. The Balaban J connectivity index is 1.46. The van der Waals surface area contributed by atoms with Crippen molar-refractivity contribution in [1.82, 2.24) is 9.88 Å². The van der Waals surface area contributed by atoms with E-state index in [1.165, 1.54) is 12.8 Å². The Kier molecular flexibility index (Phi) is 5.80. The van der Waals surface area contributed by atoms with Crippen molar-refractivity contribution in [3.05, 3.63) is 18.3 Å². The van der Waals surface area contributed by atoms with Crippen LogP contribution in [0.25, 0.3) is 0 Å². The van der Waals surface area contributed by atoms with Gasteiger partial charge in [0, 0.05) is 19.2 Å². The fourth-order valence-corrected chi connectivity index (χ4v) is 3.10. The first-order valence-electron chi connectivity index (χ1n) is 8.42. The van der Waals surface area contributed by atoms with E-state index >= 15 is 0 Å². The molecule has 6 heteroatoms. The molecule has 23 heavy (non-hydrogen) atoms. The smallest absolute Gasteiger partial charge is 0.213 e. The molecule has 126 valence electrons. The quantitative estimate of drug-likeness (QED) is 0.594. The van der Waals surface area contributed by atoms with Crippen LogP contribution in [0.1, 0.15) is 38.5 Å². The van der Waals surface area contributed by atoms with E-state index in [9.17, 15) is 4.39 Å². The molecule has 0 N–H and O–H groups in total. The van der Waals surface area contributed by atoms with E-state index in [2.05, 4.69) is 14.9 Å². The molecule has 3 rings (SSSR count). The molecular weight excluding hydrogens is 297 g/mol. The summed E-state index contributed by atoms with van der Waals surface area (Å²) in [4.78, 5) is 11.0. The largest absolute Gasteiger partial charge is 0.474 e. The third kappa shape index (κ3) is 4.89. The van der Waals surface area contributed by atoms with Gasteiger partial charge in [-0.25, -0.2) is 14.4 Å². The summed E-state index contributed by atoms with van der Waals surface area (Å²) in [5.74, 6) is 0.625. The van der Waals surface area contributed by atoms with Crippen LogP contribution in [0.3, 0.4) is 0 Å². The molecule has 2 aliphatic rings. The molecule has 0 aromatic carbocycles. The van der Waals surface area contributed by atoms with Gasteiger partial charge in [-0.1, -0.05) is 0 Å². The summed E-state index contributed by atoms with van der Waals surface area (Å²) in [6.07, 6.45) is 9.74. The van der Waals surface area contributed by atoms with E-state index in [0.717, 1.165) is 44.5 Å². The summed E-state index contributed by atoms with van der Waals surface area (Å²) in [5.41, 5.74) is 0.837. The minimum atomic E-state index is -0.697. The number of alkyl halides is 1. The molecule has 1 aromatic heterocycles. The van der Waals surface area contributed by atoms with Gasteiger partial charge in [-0.05, 0) is 44.6 Å². The van der Waals surface area contributed by atoms with Crippen molar-refractivity contribution in [2.45, 2.75) is 50.7 Å². The fourth-order valence-electron chi connectivity index (χ4n) is 3.10. The van der Waals surface area contributed by atoms with Crippen molar-refractivity contribution in [3.8, 4) is 5.88 Å². The number of likely N-dealkylation sites (tertiary alicyclic amines) is 1. The van der Waals surface area contributed by atoms with Gasteiger partial charge in [0.1, 0.15) is 6.10 Å². The van der Waals surface area contributed by atoms with Gasteiger partial charge in [0.15, 0.2) is 6.86 Å². The van der Waals surface area contributed by atoms with E-state index in [1.807, 2.05) is 18.5 Å². The SMILES string of the molecule is FCO[C@H]1CC[C@@H](Oc2ccc(/N=C/N3CCCC3)cn2)CC1. The van der Waals surface area contributed by atoms with Gasteiger partial charge in [0.05, 0.1) is 24.3 Å². The van der Waals surface area contributed by atoms with Gasteiger partial charge in [-0.15, -0.1) is 0 Å². The summed E-state index contributed by atoms with van der Waals surface area (Å²) >= 11 is 0. The Bertz CT molecular complexity index is 495. The molecule has 2 heterocycles. The molecule has 0 atom stereocenters. The van der Waals surface area contributed by atoms with Crippen LogP contribution in [0.5, 0.6) is 5.88 Å². The number of halogens is 1. The Morgan fingerprint density at radius 1 is 1.17 bits per heavy atom. The lowest BCUT2D eigenvalue weighted by atomic mass is 9.95. The molecule has 1 saturated carbocycles. The summed E-state index contributed by atoms with van der Waals surface area (Å²) in [5, 5.41) is 0. The molecule has 2 fully saturated rings. The Hall–Kier alpha value is -1.69. The lowest BCUT2D eigenvalue weighted by Gasteiger charge is -2.27. The number of rotatable bonds is 6. The number of nitrogens with zero attached hydrogens (tertiary/aromatic N) is 3. The minimum Gasteiger partial charge on any atom is -0.474 e. The van der Waals surface area contributed by atoms with Crippen molar-refractivity contribution in [2.75, 3.05) is 20.0 Å². The number of ether oxygens (including phenoxy) is 2. The number of hydrogen-bond acceptors (Lipinski definition) is 4. The average molecular weight is 321 g/mol. The van der Waals surface area contributed by atoms with Crippen LogP contribution in [0.15, 0.2) is 23.3 Å². The second-order valence-corrected chi connectivity index (χ2v) is 6.13. The molecule has 0 unspecified atom stereocenters. The highest BCUT2D eigenvalue weighted by Gasteiger charge is 2.23. The lowest BCUT2D eigenvalue weighted by Crippen LogP contribution is -2.28. The van der Waals surface area contributed by atoms with Gasteiger partial charge >= 0.3 is 0 Å². The van der Waals surface area contributed by atoms with Crippen LogP contribution in [0.4, 0.5) is 10.1 Å². The normalized spacial score (nSPS) is 25.2. The second-order valence-electron chi connectivity index (χ2n) is 6.13. The molecule has 0 amide bonds.